The molecule has 2 rings (SSSR count). The highest BCUT2D eigenvalue weighted by molar-refractivity contribution is 6.34. The SMILES string of the molecule is CNc1ncc(Cl)c(Nc2cc(F)ccc2Cl)n1. The zero-order chi connectivity index (χ0) is 13.1. The Morgan fingerprint density at radius 3 is 2.72 bits per heavy atom. The summed E-state index contributed by atoms with van der Waals surface area (Å²) in [5.41, 5.74) is 0.388. The second-order valence-electron chi connectivity index (χ2n) is 3.39. The van der Waals surface area contributed by atoms with Gasteiger partial charge >= 0.3 is 0 Å². The maximum Gasteiger partial charge on any atom is 0.224 e. The fourth-order valence-corrected chi connectivity index (χ4v) is 1.60. The summed E-state index contributed by atoms with van der Waals surface area (Å²) in [5, 5.41) is 6.33. The van der Waals surface area contributed by atoms with Gasteiger partial charge in [-0.05, 0) is 18.2 Å². The Kier molecular flexibility index (Phi) is 3.84. The number of aromatic nitrogens is 2. The highest BCUT2D eigenvalue weighted by Gasteiger charge is 2.08. The lowest BCUT2D eigenvalue weighted by Crippen LogP contribution is -2.01. The summed E-state index contributed by atoms with van der Waals surface area (Å²) in [6, 6.07) is 3.99. The molecule has 0 saturated carbocycles. The molecule has 18 heavy (non-hydrogen) atoms. The van der Waals surface area contributed by atoms with E-state index in [0.717, 1.165) is 0 Å². The highest BCUT2D eigenvalue weighted by Crippen LogP contribution is 2.28. The van der Waals surface area contributed by atoms with E-state index in [1.807, 2.05) is 0 Å². The van der Waals surface area contributed by atoms with E-state index in [-0.39, 0.29) is 0 Å². The molecular weight excluding hydrogens is 278 g/mol. The summed E-state index contributed by atoms with van der Waals surface area (Å²) in [7, 11) is 1.68. The Hall–Kier alpha value is -1.59. The molecule has 0 aliphatic heterocycles. The van der Waals surface area contributed by atoms with E-state index in [0.29, 0.717) is 27.5 Å². The topological polar surface area (TPSA) is 49.8 Å². The van der Waals surface area contributed by atoms with Crippen molar-refractivity contribution >= 4 is 40.7 Å². The monoisotopic (exact) mass is 286 g/mol. The lowest BCUT2D eigenvalue weighted by atomic mass is 10.3. The van der Waals surface area contributed by atoms with Gasteiger partial charge < -0.3 is 10.6 Å². The van der Waals surface area contributed by atoms with Crippen LogP contribution in [0.3, 0.4) is 0 Å². The first-order valence-electron chi connectivity index (χ1n) is 5.02. The molecule has 0 amide bonds. The minimum Gasteiger partial charge on any atom is -0.357 e. The van der Waals surface area contributed by atoms with E-state index in [4.69, 9.17) is 23.2 Å². The summed E-state index contributed by atoms with van der Waals surface area (Å²) in [6.45, 7) is 0. The van der Waals surface area contributed by atoms with Crippen LogP contribution in [0.15, 0.2) is 24.4 Å². The molecule has 0 saturated heterocycles. The van der Waals surface area contributed by atoms with Crippen molar-refractivity contribution < 1.29 is 4.39 Å². The maximum absolute atomic E-state index is 13.1. The second kappa shape index (κ2) is 5.37. The van der Waals surface area contributed by atoms with Crippen LogP contribution in [0.2, 0.25) is 10.0 Å². The smallest absolute Gasteiger partial charge is 0.224 e. The lowest BCUT2D eigenvalue weighted by Gasteiger charge is -2.10. The molecule has 7 heteroatoms. The minimum atomic E-state index is -0.402. The number of hydrogen-bond acceptors (Lipinski definition) is 4. The number of anilines is 3. The van der Waals surface area contributed by atoms with Gasteiger partial charge in [-0.25, -0.2) is 9.37 Å². The fraction of sp³-hybridized carbons (Fsp3) is 0.0909. The van der Waals surface area contributed by atoms with Gasteiger partial charge in [0.15, 0.2) is 5.82 Å². The van der Waals surface area contributed by atoms with Crippen LogP contribution < -0.4 is 10.6 Å². The van der Waals surface area contributed by atoms with E-state index in [1.54, 1.807) is 7.05 Å². The minimum absolute atomic E-state index is 0.314. The summed E-state index contributed by atoms with van der Waals surface area (Å²) >= 11 is 11.9. The second-order valence-corrected chi connectivity index (χ2v) is 4.20. The fourth-order valence-electron chi connectivity index (χ4n) is 1.30. The molecule has 1 aromatic heterocycles. The van der Waals surface area contributed by atoms with E-state index in [1.165, 1.54) is 24.4 Å². The first kappa shape index (κ1) is 12.9. The molecule has 0 bridgehead atoms. The number of nitrogens with zero attached hydrogens (tertiary/aromatic N) is 2. The van der Waals surface area contributed by atoms with E-state index in [2.05, 4.69) is 20.6 Å². The average Bonchev–Trinajstić information content (AvgIpc) is 2.36. The van der Waals surface area contributed by atoms with Crippen LogP contribution in [0.25, 0.3) is 0 Å². The lowest BCUT2D eigenvalue weighted by molar-refractivity contribution is 0.628. The van der Waals surface area contributed by atoms with Crippen molar-refractivity contribution in [2.45, 2.75) is 0 Å². The van der Waals surface area contributed by atoms with Crippen molar-refractivity contribution in [3.05, 3.63) is 40.3 Å². The predicted molar refractivity (Wildman–Crippen MR) is 71.3 cm³/mol. The van der Waals surface area contributed by atoms with Gasteiger partial charge in [-0.3, -0.25) is 0 Å². The van der Waals surface area contributed by atoms with Crippen molar-refractivity contribution in [3.63, 3.8) is 0 Å². The standard InChI is InChI=1S/C11H9Cl2FN4/c1-15-11-16-5-8(13)10(18-11)17-9-4-6(14)2-3-7(9)12/h2-5H,1H3,(H2,15,16,17,18). The molecule has 0 radical (unpaired) electrons. The number of benzene rings is 1. The Morgan fingerprint density at radius 1 is 1.22 bits per heavy atom. The summed E-state index contributed by atoms with van der Waals surface area (Å²) in [5.74, 6) is 0.346. The first-order chi connectivity index (χ1) is 8.60. The van der Waals surface area contributed by atoms with Crippen LogP contribution in [0.5, 0.6) is 0 Å². The largest absolute Gasteiger partial charge is 0.357 e. The molecule has 1 aromatic carbocycles. The van der Waals surface area contributed by atoms with Crippen LogP contribution in [-0.2, 0) is 0 Å². The molecular formula is C11H9Cl2FN4. The molecule has 0 fully saturated rings. The third-order valence-electron chi connectivity index (χ3n) is 2.15. The molecule has 0 atom stereocenters. The van der Waals surface area contributed by atoms with Crippen LogP contribution in [0.1, 0.15) is 0 Å². The molecule has 1 heterocycles. The Labute approximate surface area is 113 Å². The van der Waals surface area contributed by atoms with Crippen molar-refractivity contribution in [2.75, 3.05) is 17.7 Å². The third kappa shape index (κ3) is 2.80. The van der Waals surface area contributed by atoms with Crippen molar-refractivity contribution in [2.24, 2.45) is 0 Å². The van der Waals surface area contributed by atoms with Crippen LogP contribution >= 0.6 is 23.2 Å². The number of nitrogens with one attached hydrogen (secondary N) is 2. The zero-order valence-corrected chi connectivity index (χ0v) is 10.8. The van der Waals surface area contributed by atoms with E-state index in [9.17, 15) is 4.39 Å². The van der Waals surface area contributed by atoms with Gasteiger partial charge in [0.25, 0.3) is 0 Å². The van der Waals surface area contributed by atoms with Gasteiger partial charge in [0, 0.05) is 7.05 Å². The van der Waals surface area contributed by atoms with Gasteiger partial charge in [-0.1, -0.05) is 23.2 Å². The van der Waals surface area contributed by atoms with E-state index >= 15 is 0 Å². The van der Waals surface area contributed by atoms with Crippen molar-refractivity contribution in [1.29, 1.82) is 0 Å². The molecule has 0 aliphatic rings. The summed E-state index contributed by atoms with van der Waals surface area (Å²) < 4.78 is 13.1. The van der Waals surface area contributed by atoms with Gasteiger partial charge in [-0.15, -0.1) is 0 Å². The summed E-state index contributed by atoms with van der Waals surface area (Å²) in [6.07, 6.45) is 1.44. The molecule has 2 N–H and O–H groups in total. The van der Waals surface area contributed by atoms with Crippen LogP contribution in [0.4, 0.5) is 21.8 Å². The molecule has 2 aromatic rings. The third-order valence-corrected chi connectivity index (χ3v) is 2.76. The molecule has 0 aliphatic carbocycles. The normalized spacial score (nSPS) is 10.2. The Bertz CT molecular complexity index is 577. The Balaban J connectivity index is 2.36. The van der Waals surface area contributed by atoms with Gasteiger partial charge in [0.05, 0.1) is 16.9 Å². The molecule has 4 nitrogen and oxygen atoms in total. The highest BCUT2D eigenvalue weighted by atomic mass is 35.5. The molecule has 0 unspecified atom stereocenters. The maximum atomic E-state index is 13.1. The van der Waals surface area contributed by atoms with E-state index < -0.39 is 5.82 Å². The first-order valence-corrected chi connectivity index (χ1v) is 5.78. The molecule has 0 spiro atoms. The van der Waals surface area contributed by atoms with Gasteiger partial charge in [-0.2, -0.15) is 4.98 Å². The zero-order valence-electron chi connectivity index (χ0n) is 9.34. The Morgan fingerprint density at radius 2 is 2.00 bits per heavy atom. The van der Waals surface area contributed by atoms with Gasteiger partial charge in [0.2, 0.25) is 5.95 Å². The van der Waals surface area contributed by atoms with Crippen LogP contribution in [-0.4, -0.2) is 17.0 Å². The summed E-state index contributed by atoms with van der Waals surface area (Å²) in [4.78, 5) is 8.05. The quantitative estimate of drug-likeness (QED) is 0.903. The average molecular weight is 287 g/mol. The van der Waals surface area contributed by atoms with Crippen molar-refractivity contribution in [1.82, 2.24) is 9.97 Å². The van der Waals surface area contributed by atoms with Gasteiger partial charge in [0.1, 0.15) is 10.8 Å². The number of halogens is 3. The number of hydrogen-bond donors (Lipinski definition) is 2. The molecule has 94 valence electrons. The van der Waals surface area contributed by atoms with Crippen molar-refractivity contribution in [3.8, 4) is 0 Å². The van der Waals surface area contributed by atoms with Crippen LogP contribution in [0, 0.1) is 5.82 Å². The predicted octanol–water partition coefficient (Wildman–Crippen LogP) is 3.71. The number of rotatable bonds is 3.